The van der Waals surface area contributed by atoms with Crippen molar-refractivity contribution in [2.24, 2.45) is 5.92 Å². The van der Waals surface area contributed by atoms with Crippen molar-refractivity contribution < 1.29 is 9.90 Å². The molecule has 2 nitrogen and oxygen atoms in total. The number of halogens is 1. The van der Waals surface area contributed by atoms with Crippen molar-refractivity contribution in [1.82, 2.24) is 0 Å². The molecule has 3 heteroatoms. The Morgan fingerprint density at radius 2 is 2.13 bits per heavy atom. The highest BCUT2D eigenvalue weighted by molar-refractivity contribution is 9.10. The van der Waals surface area contributed by atoms with Gasteiger partial charge in [-0.25, -0.2) is 0 Å². The molecule has 0 bridgehead atoms. The zero-order chi connectivity index (χ0) is 10.8. The van der Waals surface area contributed by atoms with Crippen molar-refractivity contribution in [1.29, 1.82) is 0 Å². The maximum Gasteiger partial charge on any atom is 0.311 e. The molecule has 1 aliphatic rings. The molecule has 0 heterocycles. The molecule has 1 fully saturated rings. The van der Waals surface area contributed by atoms with E-state index in [0.29, 0.717) is 5.92 Å². The number of carbonyl (C=O) groups is 1. The highest BCUT2D eigenvalue weighted by Crippen LogP contribution is 2.40. The maximum absolute atomic E-state index is 11.2. The third kappa shape index (κ3) is 2.59. The van der Waals surface area contributed by atoms with Crippen molar-refractivity contribution in [3.8, 4) is 0 Å². The van der Waals surface area contributed by atoms with Crippen molar-refractivity contribution in [3.63, 3.8) is 0 Å². The highest BCUT2D eigenvalue weighted by atomic mass is 79.9. The van der Waals surface area contributed by atoms with Gasteiger partial charge in [0.25, 0.3) is 0 Å². The average molecular weight is 269 g/mol. The second kappa shape index (κ2) is 4.35. The van der Waals surface area contributed by atoms with Gasteiger partial charge in [0.2, 0.25) is 0 Å². The summed E-state index contributed by atoms with van der Waals surface area (Å²) in [5.41, 5.74) is 0.900. The Balaban J connectivity index is 2.22. The molecule has 1 atom stereocenters. The number of carboxylic acids is 1. The first-order valence-corrected chi connectivity index (χ1v) is 5.95. The third-order valence-electron chi connectivity index (χ3n) is 2.84. The van der Waals surface area contributed by atoms with E-state index in [1.165, 1.54) is 12.8 Å². The minimum Gasteiger partial charge on any atom is -0.481 e. The molecule has 0 amide bonds. The van der Waals surface area contributed by atoms with E-state index in [-0.39, 0.29) is 5.92 Å². The lowest BCUT2D eigenvalue weighted by Gasteiger charge is -2.13. The van der Waals surface area contributed by atoms with Crippen LogP contribution >= 0.6 is 15.9 Å². The van der Waals surface area contributed by atoms with Gasteiger partial charge in [0.05, 0.1) is 5.92 Å². The van der Waals surface area contributed by atoms with Gasteiger partial charge >= 0.3 is 5.97 Å². The van der Waals surface area contributed by atoms with E-state index in [0.717, 1.165) is 16.5 Å². The largest absolute Gasteiger partial charge is 0.481 e. The normalized spacial score (nSPS) is 17.4. The second-order valence-corrected chi connectivity index (χ2v) is 4.95. The Kier molecular flexibility index (Phi) is 3.10. The zero-order valence-corrected chi connectivity index (χ0v) is 9.90. The summed E-state index contributed by atoms with van der Waals surface area (Å²) in [6, 6.07) is 7.59. The molecule has 0 saturated heterocycles. The SMILES string of the molecule is O=C(O)C(CC1CC1)c1ccccc1Br. The molecule has 2 rings (SSSR count). The van der Waals surface area contributed by atoms with Gasteiger partial charge in [0, 0.05) is 4.47 Å². The Bertz CT molecular complexity index is 372. The predicted molar refractivity (Wildman–Crippen MR) is 61.9 cm³/mol. The van der Waals surface area contributed by atoms with Gasteiger partial charge in [-0.1, -0.05) is 47.0 Å². The number of rotatable bonds is 4. The van der Waals surface area contributed by atoms with Crippen LogP contribution in [-0.2, 0) is 4.79 Å². The number of hydrogen-bond donors (Lipinski definition) is 1. The molecule has 0 aromatic heterocycles. The van der Waals surface area contributed by atoms with Crippen LogP contribution in [0.25, 0.3) is 0 Å². The first-order valence-electron chi connectivity index (χ1n) is 5.15. The van der Waals surface area contributed by atoms with Crippen LogP contribution in [0.2, 0.25) is 0 Å². The Morgan fingerprint density at radius 3 is 2.67 bits per heavy atom. The van der Waals surface area contributed by atoms with Gasteiger partial charge < -0.3 is 5.11 Å². The monoisotopic (exact) mass is 268 g/mol. The van der Waals surface area contributed by atoms with Crippen molar-refractivity contribution >= 4 is 21.9 Å². The Labute approximate surface area is 97.4 Å². The molecule has 1 N–H and O–H groups in total. The predicted octanol–water partition coefficient (Wildman–Crippen LogP) is 3.42. The fourth-order valence-corrected chi connectivity index (χ4v) is 2.37. The van der Waals surface area contributed by atoms with E-state index in [1.807, 2.05) is 24.3 Å². The summed E-state index contributed by atoms with van der Waals surface area (Å²) >= 11 is 3.41. The second-order valence-electron chi connectivity index (χ2n) is 4.09. The van der Waals surface area contributed by atoms with Gasteiger partial charge in [-0.3, -0.25) is 4.79 Å². The summed E-state index contributed by atoms with van der Waals surface area (Å²) in [6.45, 7) is 0. The molecule has 1 aliphatic carbocycles. The molecule has 0 aliphatic heterocycles. The van der Waals surface area contributed by atoms with E-state index >= 15 is 0 Å². The van der Waals surface area contributed by atoms with Crippen LogP contribution < -0.4 is 0 Å². The van der Waals surface area contributed by atoms with Gasteiger partial charge in [-0.05, 0) is 24.0 Å². The number of benzene rings is 1. The standard InChI is InChI=1S/C12H13BrO2/c13-11-4-2-1-3-9(11)10(12(14)15)7-8-5-6-8/h1-4,8,10H,5-7H2,(H,14,15). The summed E-state index contributed by atoms with van der Waals surface area (Å²) < 4.78 is 0.901. The summed E-state index contributed by atoms with van der Waals surface area (Å²) in [7, 11) is 0. The molecule has 1 aromatic rings. The van der Waals surface area contributed by atoms with Crippen LogP contribution in [0.4, 0.5) is 0 Å². The maximum atomic E-state index is 11.2. The van der Waals surface area contributed by atoms with E-state index in [9.17, 15) is 9.90 Å². The van der Waals surface area contributed by atoms with E-state index in [4.69, 9.17) is 0 Å². The molecular formula is C12H13BrO2. The summed E-state index contributed by atoms with van der Waals surface area (Å²) in [4.78, 5) is 11.2. The van der Waals surface area contributed by atoms with Crippen LogP contribution in [-0.4, -0.2) is 11.1 Å². The molecule has 80 valence electrons. The minimum atomic E-state index is -0.714. The van der Waals surface area contributed by atoms with Gasteiger partial charge in [0.1, 0.15) is 0 Å². The van der Waals surface area contributed by atoms with Gasteiger partial charge in [0.15, 0.2) is 0 Å². The molecule has 15 heavy (non-hydrogen) atoms. The van der Waals surface area contributed by atoms with Crippen molar-refractivity contribution in [2.45, 2.75) is 25.2 Å². The summed E-state index contributed by atoms with van der Waals surface area (Å²) in [5, 5.41) is 9.21. The lowest BCUT2D eigenvalue weighted by Crippen LogP contribution is -2.12. The molecular weight excluding hydrogens is 256 g/mol. The van der Waals surface area contributed by atoms with Crippen molar-refractivity contribution in [3.05, 3.63) is 34.3 Å². The summed E-state index contributed by atoms with van der Waals surface area (Å²) in [6.07, 6.45) is 3.15. The summed E-state index contributed by atoms with van der Waals surface area (Å²) in [5.74, 6) is -0.444. The Morgan fingerprint density at radius 1 is 1.47 bits per heavy atom. The fraction of sp³-hybridized carbons (Fsp3) is 0.417. The van der Waals surface area contributed by atoms with Crippen LogP contribution in [0.15, 0.2) is 28.7 Å². The lowest BCUT2D eigenvalue weighted by atomic mass is 9.94. The number of hydrogen-bond acceptors (Lipinski definition) is 1. The van der Waals surface area contributed by atoms with Crippen molar-refractivity contribution in [2.75, 3.05) is 0 Å². The minimum absolute atomic E-state index is 0.354. The van der Waals surface area contributed by atoms with E-state index < -0.39 is 5.97 Å². The number of aliphatic carboxylic acids is 1. The number of carboxylic acid groups (broad SMARTS) is 1. The van der Waals surface area contributed by atoms with Crippen LogP contribution in [0.3, 0.4) is 0 Å². The zero-order valence-electron chi connectivity index (χ0n) is 8.32. The molecule has 1 saturated carbocycles. The van der Waals surface area contributed by atoms with Gasteiger partial charge in [-0.2, -0.15) is 0 Å². The van der Waals surface area contributed by atoms with Gasteiger partial charge in [-0.15, -0.1) is 0 Å². The quantitative estimate of drug-likeness (QED) is 0.909. The smallest absolute Gasteiger partial charge is 0.311 e. The van der Waals surface area contributed by atoms with Crippen LogP contribution in [0.5, 0.6) is 0 Å². The highest BCUT2D eigenvalue weighted by Gasteiger charge is 2.30. The fourth-order valence-electron chi connectivity index (χ4n) is 1.81. The Hall–Kier alpha value is -0.830. The first-order chi connectivity index (χ1) is 7.18. The topological polar surface area (TPSA) is 37.3 Å². The lowest BCUT2D eigenvalue weighted by molar-refractivity contribution is -0.139. The van der Waals surface area contributed by atoms with Crippen LogP contribution in [0, 0.1) is 5.92 Å². The average Bonchev–Trinajstić information content (AvgIpc) is 2.99. The first kappa shape index (κ1) is 10.7. The van der Waals surface area contributed by atoms with E-state index in [2.05, 4.69) is 15.9 Å². The molecule has 0 spiro atoms. The van der Waals surface area contributed by atoms with E-state index in [1.54, 1.807) is 0 Å². The van der Waals surface area contributed by atoms with Crippen LogP contribution in [0.1, 0.15) is 30.7 Å². The molecule has 0 radical (unpaired) electrons. The molecule has 1 aromatic carbocycles. The molecule has 1 unspecified atom stereocenters. The third-order valence-corrected chi connectivity index (χ3v) is 3.57.